The highest BCUT2D eigenvalue weighted by atomic mass is 16.2. The van der Waals surface area contributed by atoms with Gasteiger partial charge in [0.2, 0.25) is 5.95 Å². The number of pyridine rings is 1. The van der Waals surface area contributed by atoms with Crippen LogP contribution in [0.4, 0.5) is 5.95 Å². The normalized spacial score (nSPS) is 16.7. The van der Waals surface area contributed by atoms with E-state index in [2.05, 4.69) is 18.7 Å². The fourth-order valence-electron chi connectivity index (χ4n) is 4.97. The van der Waals surface area contributed by atoms with Crippen molar-refractivity contribution in [2.75, 3.05) is 18.0 Å². The number of rotatable bonds is 5. The summed E-state index contributed by atoms with van der Waals surface area (Å²) in [6.45, 7) is 7.60. The summed E-state index contributed by atoms with van der Waals surface area (Å²) >= 11 is 0. The van der Waals surface area contributed by atoms with Gasteiger partial charge in [0.25, 0.3) is 5.56 Å². The number of nitrogens with two attached hydrogens (primary N) is 1. The Labute approximate surface area is 209 Å². The van der Waals surface area contributed by atoms with Crippen LogP contribution in [-0.2, 0) is 13.6 Å². The monoisotopic (exact) mass is 487 g/mol. The molecule has 2 N–H and O–H groups in total. The highest BCUT2D eigenvalue weighted by molar-refractivity contribution is 5.85. The third-order valence-corrected chi connectivity index (χ3v) is 6.77. The summed E-state index contributed by atoms with van der Waals surface area (Å²) in [5, 5.41) is 1.95. The number of hydrogen-bond acceptors (Lipinski definition) is 6. The van der Waals surface area contributed by atoms with Crippen LogP contribution in [0.15, 0.2) is 46.0 Å². The Kier molecular flexibility index (Phi) is 6.26. The van der Waals surface area contributed by atoms with Crippen LogP contribution in [0.1, 0.15) is 38.1 Å². The Morgan fingerprint density at radius 2 is 1.97 bits per heavy atom. The molecule has 1 aromatic carbocycles. The number of aromatic nitrogens is 5. The second kappa shape index (κ2) is 9.39. The largest absolute Gasteiger partial charge is 0.340 e. The van der Waals surface area contributed by atoms with Crippen molar-refractivity contribution < 1.29 is 0 Å². The Bertz CT molecular complexity index is 1590. The standard InChI is InChI=1S/C27H33N7O2/c1-17(2)11-13-33-23-24(30-26(33)32-12-7-9-20(28)15-32)31(4)27(36)34(25(23)35)16-22-21-10-6-5-8-19(21)14-18(3)29-22/h5-6,8,10-11,13-14,17,20H,7,9,12,15-16,28H2,1-4H3/b13-11+/t20-/m1/s1. The van der Waals surface area contributed by atoms with E-state index in [1.165, 1.54) is 9.13 Å². The lowest BCUT2D eigenvalue weighted by atomic mass is 10.1. The first kappa shape index (κ1) is 24.0. The molecule has 36 heavy (non-hydrogen) atoms. The van der Waals surface area contributed by atoms with Crippen LogP contribution >= 0.6 is 0 Å². The lowest BCUT2D eigenvalue weighted by Crippen LogP contribution is -2.43. The van der Waals surface area contributed by atoms with Gasteiger partial charge in [-0.15, -0.1) is 0 Å². The molecule has 1 aliphatic heterocycles. The summed E-state index contributed by atoms with van der Waals surface area (Å²) < 4.78 is 4.55. The minimum absolute atomic E-state index is 0.0437. The first-order chi connectivity index (χ1) is 17.2. The van der Waals surface area contributed by atoms with Gasteiger partial charge >= 0.3 is 5.69 Å². The van der Waals surface area contributed by atoms with Crippen LogP contribution in [0.25, 0.3) is 28.1 Å². The van der Waals surface area contributed by atoms with Gasteiger partial charge in [-0.1, -0.05) is 44.2 Å². The minimum Gasteiger partial charge on any atom is -0.340 e. The SMILES string of the molecule is Cc1cc2ccccc2c(Cn2c(=O)c3c(nc(N4CCC[C@@H](N)C4)n3/C=C/C(C)C)n(C)c2=O)n1. The van der Waals surface area contributed by atoms with Crippen LogP contribution in [0.2, 0.25) is 0 Å². The molecule has 0 saturated carbocycles. The molecule has 1 aliphatic rings. The number of allylic oxidation sites excluding steroid dienone is 1. The molecule has 5 rings (SSSR count). The molecule has 0 bridgehead atoms. The number of hydrogen-bond donors (Lipinski definition) is 1. The van der Waals surface area contributed by atoms with Crippen molar-refractivity contribution >= 4 is 34.1 Å². The van der Waals surface area contributed by atoms with E-state index in [1.54, 1.807) is 7.05 Å². The number of imidazole rings is 1. The predicted molar refractivity (Wildman–Crippen MR) is 144 cm³/mol. The third kappa shape index (κ3) is 4.24. The average Bonchev–Trinajstić information content (AvgIpc) is 3.23. The zero-order valence-corrected chi connectivity index (χ0v) is 21.3. The number of benzene rings is 1. The maximum atomic E-state index is 13.9. The second-order valence-corrected chi connectivity index (χ2v) is 10.1. The van der Waals surface area contributed by atoms with Gasteiger partial charge in [-0.3, -0.25) is 23.5 Å². The number of fused-ring (bicyclic) bond motifs is 2. The van der Waals surface area contributed by atoms with Gasteiger partial charge in [0.1, 0.15) is 0 Å². The van der Waals surface area contributed by atoms with Crippen molar-refractivity contribution in [1.29, 1.82) is 0 Å². The molecule has 0 spiro atoms. The summed E-state index contributed by atoms with van der Waals surface area (Å²) in [6, 6.07) is 9.94. The predicted octanol–water partition coefficient (Wildman–Crippen LogP) is 2.86. The summed E-state index contributed by atoms with van der Waals surface area (Å²) in [4.78, 5) is 39.0. The lowest BCUT2D eigenvalue weighted by molar-refractivity contribution is 0.499. The van der Waals surface area contributed by atoms with E-state index in [4.69, 9.17) is 15.7 Å². The number of anilines is 1. The summed E-state index contributed by atoms with van der Waals surface area (Å²) in [7, 11) is 1.66. The molecule has 0 radical (unpaired) electrons. The van der Waals surface area contributed by atoms with Gasteiger partial charge in [-0.2, -0.15) is 4.98 Å². The van der Waals surface area contributed by atoms with Crippen LogP contribution in [0, 0.1) is 12.8 Å². The Hall–Kier alpha value is -3.72. The smallest absolute Gasteiger partial charge is 0.332 e. The number of piperidine rings is 1. The van der Waals surface area contributed by atoms with E-state index < -0.39 is 5.69 Å². The fraction of sp³-hybridized carbons (Fsp3) is 0.407. The summed E-state index contributed by atoms with van der Waals surface area (Å²) in [5.74, 6) is 0.914. The van der Waals surface area contributed by atoms with Crippen molar-refractivity contribution in [3.8, 4) is 0 Å². The highest BCUT2D eigenvalue weighted by Gasteiger charge is 2.26. The zero-order valence-electron chi connectivity index (χ0n) is 21.3. The highest BCUT2D eigenvalue weighted by Crippen LogP contribution is 2.24. The molecular weight excluding hydrogens is 454 g/mol. The maximum absolute atomic E-state index is 13.9. The van der Waals surface area contributed by atoms with Crippen molar-refractivity contribution in [3.05, 3.63) is 68.6 Å². The number of aryl methyl sites for hydroxylation is 2. The summed E-state index contributed by atoms with van der Waals surface area (Å²) in [5.41, 5.74) is 7.73. The van der Waals surface area contributed by atoms with Gasteiger partial charge in [0.15, 0.2) is 11.2 Å². The molecule has 1 fully saturated rings. The van der Waals surface area contributed by atoms with Gasteiger partial charge in [0.05, 0.1) is 12.2 Å². The molecule has 9 heteroatoms. The van der Waals surface area contributed by atoms with Crippen LogP contribution in [-0.4, -0.2) is 42.8 Å². The van der Waals surface area contributed by atoms with Gasteiger partial charge in [-0.25, -0.2) is 4.79 Å². The minimum atomic E-state index is -0.417. The van der Waals surface area contributed by atoms with Crippen LogP contribution in [0.3, 0.4) is 0 Å². The van der Waals surface area contributed by atoms with E-state index in [1.807, 2.05) is 54.1 Å². The average molecular weight is 488 g/mol. The van der Waals surface area contributed by atoms with Crippen molar-refractivity contribution in [2.24, 2.45) is 18.7 Å². The lowest BCUT2D eigenvalue weighted by Gasteiger charge is -2.31. The van der Waals surface area contributed by atoms with Gasteiger partial charge in [0, 0.05) is 43.5 Å². The van der Waals surface area contributed by atoms with E-state index in [-0.39, 0.29) is 24.1 Å². The van der Waals surface area contributed by atoms with E-state index in [0.29, 0.717) is 29.4 Å². The molecule has 9 nitrogen and oxygen atoms in total. The zero-order chi connectivity index (χ0) is 25.6. The first-order valence-corrected chi connectivity index (χ1v) is 12.5. The van der Waals surface area contributed by atoms with E-state index in [0.717, 1.165) is 35.9 Å². The molecule has 1 saturated heterocycles. The van der Waals surface area contributed by atoms with Crippen molar-refractivity contribution in [2.45, 2.75) is 46.2 Å². The first-order valence-electron chi connectivity index (χ1n) is 12.5. The quantitative estimate of drug-likeness (QED) is 0.464. The molecule has 0 aliphatic carbocycles. The Morgan fingerprint density at radius 3 is 2.72 bits per heavy atom. The third-order valence-electron chi connectivity index (χ3n) is 6.77. The van der Waals surface area contributed by atoms with Crippen LogP contribution in [0.5, 0.6) is 0 Å². The van der Waals surface area contributed by atoms with E-state index in [9.17, 15) is 9.59 Å². The topological polar surface area (TPSA) is 104 Å². The molecular formula is C27H33N7O2. The number of nitrogens with zero attached hydrogens (tertiary/aromatic N) is 6. The Morgan fingerprint density at radius 1 is 1.19 bits per heavy atom. The molecule has 3 aromatic heterocycles. The van der Waals surface area contributed by atoms with E-state index >= 15 is 0 Å². The van der Waals surface area contributed by atoms with Gasteiger partial charge in [-0.05, 0) is 37.1 Å². The maximum Gasteiger partial charge on any atom is 0.332 e. The molecule has 0 amide bonds. The van der Waals surface area contributed by atoms with Crippen LogP contribution < -0.4 is 21.9 Å². The molecule has 4 heterocycles. The summed E-state index contributed by atoms with van der Waals surface area (Å²) in [6.07, 6.45) is 5.83. The fourth-order valence-corrected chi connectivity index (χ4v) is 4.97. The van der Waals surface area contributed by atoms with Crippen molar-refractivity contribution in [1.82, 2.24) is 23.7 Å². The molecule has 188 valence electrons. The Balaban J connectivity index is 1.74. The van der Waals surface area contributed by atoms with Gasteiger partial charge < -0.3 is 10.6 Å². The molecule has 0 unspecified atom stereocenters. The second-order valence-electron chi connectivity index (χ2n) is 10.1. The molecule has 4 aromatic rings. The van der Waals surface area contributed by atoms with Crippen molar-refractivity contribution in [3.63, 3.8) is 0 Å². The molecule has 1 atom stereocenters.